The first-order valence-corrected chi connectivity index (χ1v) is 8.70. The van der Waals surface area contributed by atoms with Gasteiger partial charge in [-0.3, -0.25) is 4.99 Å². The van der Waals surface area contributed by atoms with Crippen LogP contribution in [0.3, 0.4) is 0 Å². The molecule has 1 aromatic carbocycles. The smallest absolute Gasteiger partial charge is 0.191 e. The lowest BCUT2D eigenvalue weighted by atomic mass is 10.1. The van der Waals surface area contributed by atoms with Gasteiger partial charge >= 0.3 is 0 Å². The molecule has 2 heterocycles. The van der Waals surface area contributed by atoms with Crippen molar-refractivity contribution in [2.24, 2.45) is 10.7 Å². The van der Waals surface area contributed by atoms with Gasteiger partial charge in [0.25, 0.3) is 0 Å². The number of hydrogen-bond donors (Lipinski definition) is 2. The van der Waals surface area contributed by atoms with Crippen LogP contribution in [0.15, 0.2) is 29.4 Å². The van der Waals surface area contributed by atoms with Crippen molar-refractivity contribution in [1.82, 2.24) is 9.88 Å². The van der Waals surface area contributed by atoms with Crippen LogP contribution in [0.4, 0.5) is 0 Å². The summed E-state index contributed by atoms with van der Waals surface area (Å²) >= 11 is 1.97. The van der Waals surface area contributed by atoms with Crippen molar-refractivity contribution in [1.29, 1.82) is 0 Å². The zero-order valence-corrected chi connectivity index (χ0v) is 13.7. The number of methoxy groups -OCH3 is 1. The number of guanidine groups is 1. The zero-order valence-electron chi connectivity index (χ0n) is 12.8. The van der Waals surface area contributed by atoms with E-state index in [1.165, 1.54) is 5.56 Å². The molecule has 22 heavy (non-hydrogen) atoms. The third kappa shape index (κ3) is 3.16. The predicted octanol–water partition coefficient (Wildman–Crippen LogP) is 2.08. The number of nitrogens with two attached hydrogens (primary N) is 1. The Labute approximate surface area is 134 Å². The molecule has 0 spiro atoms. The molecule has 1 aromatic heterocycles. The van der Waals surface area contributed by atoms with Crippen LogP contribution in [-0.2, 0) is 6.42 Å². The Kier molecular flexibility index (Phi) is 4.77. The summed E-state index contributed by atoms with van der Waals surface area (Å²) < 4.78 is 5.46. The number of H-pyrrole nitrogens is 1. The first-order valence-electron chi connectivity index (χ1n) is 7.55. The van der Waals surface area contributed by atoms with E-state index < -0.39 is 0 Å². The van der Waals surface area contributed by atoms with Gasteiger partial charge in [0.15, 0.2) is 5.96 Å². The number of benzene rings is 1. The van der Waals surface area contributed by atoms with Crippen LogP contribution in [0.1, 0.15) is 5.56 Å². The van der Waals surface area contributed by atoms with E-state index in [1.54, 1.807) is 7.11 Å². The van der Waals surface area contributed by atoms with Gasteiger partial charge in [-0.1, -0.05) is 6.07 Å². The largest absolute Gasteiger partial charge is 0.496 e. The first-order chi connectivity index (χ1) is 10.8. The van der Waals surface area contributed by atoms with Crippen LogP contribution in [0.5, 0.6) is 5.75 Å². The van der Waals surface area contributed by atoms with E-state index in [1.807, 2.05) is 30.1 Å². The van der Waals surface area contributed by atoms with E-state index >= 15 is 0 Å². The predicted molar refractivity (Wildman–Crippen MR) is 93.9 cm³/mol. The molecule has 5 nitrogen and oxygen atoms in total. The molecule has 2 aromatic rings. The summed E-state index contributed by atoms with van der Waals surface area (Å²) in [5.41, 5.74) is 8.41. The third-order valence-corrected chi connectivity index (χ3v) is 4.90. The number of thioether (sulfide) groups is 1. The molecule has 0 amide bonds. The molecule has 6 heteroatoms. The SMILES string of the molecule is COc1cccc2[nH]cc(CCN=C(N)N3CCSCC3)c12. The molecular weight excluding hydrogens is 296 g/mol. The van der Waals surface area contributed by atoms with Crippen molar-refractivity contribution in [2.45, 2.75) is 6.42 Å². The molecule has 0 atom stereocenters. The molecule has 3 rings (SSSR count). The number of aromatic amines is 1. The Balaban J connectivity index is 1.69. The fraction of sp³-hybridized carbons (Fsp3) is 0.438. The van der Waals surface area contributed by atoms with Crippen LogP contribution in [0.2, 0.25) is 0 Å². The molecular formula is C16H22N4OS. The maximum atomic E-state index is 6.09. The Morgan fingerprint density at radius 1 is 1.41 bits per heavy atom. The van der Waals surface area contributed by atoms with Gasteiger partial charge in [-0.25, -0.2) is 0 Å². The van der Waals surface area contributed by atoms with Crippen molar-refractivity contribution < 1.29 is 4.74 Å². The topological polar surface area (TPSA) is 66.6 Å². The lowest BCUT2D eigenvalue weighted by Gasteiger charge is -2.27. The second-order valence-corrected chi connectivity index (χ2v) is 6.51. The summed E-state index contributed by atoms with van der Waals surface area (Å²) in [6, 6.07) is 6.04. The monoisotopic (exact) mass is 318 g/mol. The second kappa shape index (κ2) is 6.96. The van der Waals surface area contributed by atoms with E-state index in [0.29, 0.717) is 12.5 Å². The average molecular weight is 318 g/mol. The van der Waals surface area contributed by atoms with Crippen LogP contribution in [0, 0.1) is 0 Å². The molecule has 0 bridgehead atoms. The highest BCUT2D eigenvalue weighted by Gasteiger charge is 2.12. The molecule has 0 saturated carbocycles. The van der Waals surface area contributed by atoms with E-state index in [0.717, 1.165) is 47.7 Å². The number of nitrogens with one attached hydrogen (secondary N) is 1. The number of ether oxygens (including phenoxy) is 1. The Hall–Kier alpha value is -1.82. The summed E-state index contributed by atoms with van der Waals surface area (Å²) in [7, 11) is 1.70. The lowest BCUT2D eigenvalue weighted by molar-refractivity contribution is 0.419. The zero-order chi connectivity index (χ0) is 15.4. The van der Waals surface area contributed by atoms with Gasteiger partial charge in [0.1, 0.15) is 5.75 Å². The summed E-state index contributed by atoms with van der Waals surface area (Å²) in [5.74, 6) is 3.84. The van der Waals surface area contributed by atoms with Gasteiger partial charge in [0, 0.05) is 48.2 Å². The molecule has 0 radical (unpaired) electrons. The van der Waals surface area contributed by atoms with Crippen LogP contribution < -0.4 is 10.5 Å². The summed E-state index contributed by atoms with van der Waals surface area (Å²) in [5, 5.41) is 1.15. The summed E-state index contributed by atoms with van der Waals surface area (Å²) in [6.45, 7) is 2.70. The maximum Gasteiger partial charge on any atom is 0.191 e. The highest BCUT2D eigenvalue weighted by Crippen LogP contribution is 2.28. The molecule has 1 aliphatic rings. The highest BCUT2D eigenvalue weighted by molar-refractivity contribution is 7.99. The standard InChI is InChI=1S/C16H22N4OS/c1-21-14-4-2-3-13-15(14)12(11-19-13)5-6-18-16(17)20-7-9-22-10-8-20/h2-4,11,19H,5-10H2,1H3,(H2,17,18). The summed E-state index contributed by atoms with van der Waals surface area (Å²) in [6.07, 6.45) is 2.89. The number of aromatic nitrogens is 1. The van der Waals surface area contributed by atoms with Gasteiger partial charge in [-0.15, -0.1) is 0 Å². The molecule has 1 fully saturated rings. The number of fused-ring (bicyclic) bond motifs is 1. The van der Waals surface area contributed by atoms with Crippen LogP contribution >= 0.6 is 11.8 Å². The highest BCUT2D eigenvalue weighted by atomic mass is 32.2. The lowest BCUT2D eigenvalue weighted by Crippen LogP contribution is -2.42. The van der Waals surface area contributed by atoms with E-state index in [2.05, 4.69) is 20.9 Å². The number of hydrogen-bond acceptors (Lipinski definition) is 3. The Morgan fingerprint density at radius 2 is 2.23 bits per heavy atom. The first kappa shape index (κ1) is 15.1. The van der Waals surface area contributed by atoms with Crippen molar-refractivity contribution in [2.75, 3.05) is 38.2 Å². The average Bonchev–Trinajstić information content (AvgIpc) is 2.99. The van der Waals surface area contributed by atoms with Crippen molar-refractivity contribution in [3.63, 3.8) is 0 Å². The number of aliphatic imine (C=N–C) groups is 1. The molecule has 118 valence electrons. The van der Waals surface area contributed by atoms with E-state index in [9.17, 15) is 0 Å². The molecule has 1 saturated heterocycles. The fourth-order valence-electron chi connectivity index (χ4n) is 2.77. The Bertz CT molecular complexity index is 661. The van der Waals surface area contributed by atoms with Crippen molar-refractivity contribution >= 4 is 28.6 Å². The van der Waals surface area contributed by atoms with Gasteiger partial charge in [0.05, 0.1) is 7.11 Å². The van der Waals surface area contributed by atoms with Gasteiger partial charge in [-0.05, 0) is 24.1 Å². The van der Waals surface area contributed by atoms with Gasteiger partial charge < -0.3 is 20.4 Å². The number of rotatable bonds is 4. The van der Waals surface area contributed by atoms with Crippen LogP contribution in [0.25, 0.3) is 10.9 Å². The second-order valence-electron chi connectivity index (χ2n) is 5.29. The minimum atomic E-state index is 0.673. The van der Waals surface area contributed by atoms with Crippen LogP contribution in [-0.4, -0.2) is 54.1 Å². The van der Waals surface area contributed by atoms with E-state index in [4.69, 9.17) is 10.5 Å². The quantitative estimate of drug-likeness (QED) is 0.669. The molecule has 0 aliphatic carbocycles. The minimum Gasteiger partial charge on any atom is -0.496 e. The molecule has 3 N–H and O–H groups in total. The van der Waals surface area contributed by atoms with Crippen molar-refractivity contribution in [3.05, 3.63) is 30.0 Å². The number of nitrogens with zero attached hydrogens (tertiary/aromatic N) is 2. The Morgan fingerprint density at radius 3 is 3.00 bits per heavy atom. The third-order valence-electron chi connectivity index (χ3n) is 3.96. The van der Waals surface area contributed by atoms with E-state index in [-0.39, 0.29) is 0 Å². The van der Waals surface area contributed by atoms with Crippen molar-refractivity contribution in [3.8, 4) is 5.75 Å². The van der Waals surface area contributed by atoms with Gasteiger partial charge in [-0.2, -0.15) is 11.8 Å². The molecule has 1 aliphatic heterocycles. The minimum absolute atomic E-state index is 0.673. The molecule has 0 unspecified atom stereocenters. The van der Waals surface area contributed by atoms with Gasteiger partial charge in [0.2, 0.25) is 0 Å². The maximum absolute atomic E-state index is 6.09. The summed E-state index contributed by atoms with van der Waals surface area (Å²) in [4.78, 5) is 10.0. The normalized spacial score (nSPS) is 16.2. The fourth-order valence-corrected chi connectivity index (χ4v) is 3.67.